The van der Waals surface area contributed by atoms with Crippen LogP contribution in [0.1, 0.15) is 24.9 Å². The molecule has 0 radical (unpaired) electrons. The Morgan fingerprint density at radius 1 is 1.15 bits per heavy atom. The Bertz CT molecular complexity index is 887. The maximum Gasteiger partial charge on any atom is 0.516 e. The van der Waals surface area contributed by atoms with Gasteiger partial charge in [-0.25, -0.2) is 0 Å². The molecule has 1 N–H and O–H groups in total. The van der Waals surface area contributed by atoms with E-state index < -0.39 is 21.6 Å². The lowest BCUT2D eigenvalue weighted by atomic mass is 10.0. The Morgan fingerprint density at radius 3 is 2.38 bits per heavy atom. The van der Waals surface area contributed by atoms with Crippen molar-refractivity contribution < 1.29 is 21.6 Å². The van der Waals surface area contributed by atoms with Crippen molar-refractivity contribution in [2.75, 3.05) is 4.72 Å². The van der Waals surface area contributed by atoms with Gasteiger partial charge in [-0.15, -0.1) is 0 Å². The summed E-state index contributed by atoms with van der Waals surface area (Å²) in [7, 11) is -5.56. The first-order valence-electron chi connectivity index (χ1n) is 7.48. The van der Waals surface area contributed by atoms with Gasteiger partial charge in [0.2, 0.25) is 0 Å². The molecule has 0 aliphatic rings. The third-order valence-electron chi connectivity index (χ3n) is 3.38. The van der Waals surface area contributed by atoms with Gasteiger partial charge >= 0.3 is 15.5 Å². The largest absolute Gasteiger partial charge is 0.516 e. The van der Waals surface area contributed by atoms with Crippen LogP contribution >= 0.6 is 11.6 Å². The Labute approximate surface area is 154 Å². The first-order valence-corrected chi connectivity index (χ1v) is 9.34. The van der Waals surface area contributed by atoms with Crippen LogP contribution in [0.3, 0.4) is 0 Å². The van der Waals surface area contributed by atoms with E-state index in [1.807, 2.05) is 0 Å². The van der Waals surface area contributed by atoms with Crippen molar-refractivity contribution in [2.24, 2.45) is 10.2 Å². The molecule has 0 bridgehead atoms. The van der Waals surface area contributed by atoms with E-state index in [1.54, 1.807) is 42.0 Å². The molecule has 0 spiro atoms. The van der Waals surface area contributed by atoms with Gasteiger partial charge in [-0.1, -0.05) is 36.7 Å². The molecule has 0 aliphatic heterocycles. The summed E-state index contributed by atoms with van der Waals surface area (Å²) in [5, 5.41) is 8.42. The first-order chi connectivity index (χ1) is 12.1. The molecule has 1 atom stereocenters. The molecular formula is C16H15ClF3N3O2S. The lowest BCUT2D eigenvalue weighted by molar-refractivity contribution is -0.0429. The van der Waals surface area contributed by atoms with Crippen LogP contribution in [-0.4, -0.2) is 13.9 Å². The summed E-state index contributed by atoms with van der Waals surface area (Å²) in [6.45, 7) is 1.75. The van der Waals surface area contributed by atoms with E-state index in [9.17, 15) is 21.6 Å². The zero-order chi connectivity index (χ0) is 19.4. The van der Waals surface area contributed by atoms with Crippen molar-refractivity contribution in [3.05, 3.63) is 59.1 Å². The second kappa shape index (κ2) is 8.05. The Balaban J connectivity index is 2.40. The number of sulfonamides is 1. The highest BCUT2D eigenvalue weighted by molar-refractivity contribution is 7.93. The minimum absolute atomic E-state index is 0.201. The van der Waals surface area contributed by atoms with E-state index in [0.717, 1.165) is 0 Å². The second-order valence-electron chi connectivity index (χ2n) is 5.26. The van der Waals surface area contributed by atoms with Gasteiger partial charge in [0.1, 0.15) is 0 Å². The van der Waals surface area contributed by atoms with Crippen molar-refractivity contribution in [1.82, 2.24) is 0 Å². The molecule has 10 heteroatoms. The van der Waals surface area contributed by atoms with E-state index in [4.69, 9.17) is 11.6 Å². The molecule has 2 aromatic carbocycles. The number of benzene rings is 2. The van der Waals surface area contributed by atoms with E-state index >= 15 is 0 Å². The normalized spacial score (nSPS) is 13.7. The van der Waals surface area contributed by atoms with Crippen molar-refractivity contribution in [3.8, 4) is 0 Å². The monoisotopic (exact) mass is 405 g/mol. The highest BCUT2D eigenvalue weighted by Gasteiger charge is 2.46. The molecule has 140 valence electrons. The zero-order valence-electron chi connectivity index (χ0n) is 13.5. The molecule has 2 rings (SSSR count). The molecule has 0 amide bonds. The van der Waals surface area contributed by atoms with Gasteiger partial charge in [-0.05, 0) is 36.8 Å². The molecule has 0 aliphatic carbocycles. The highest BCUT2D eigenvalue weighted by Crippen LogP contribution is 2.34. The fourth-order valence-corrected chi connectivity index (χ4v) is 2.87. The molecule has 5 nitrogen and oxygen atoms in total. The highest BCUT2D eigenvalue weighted by atomic mass is 35.5. The number of hydrogen-bond acceptors (Lipinski definition) is 4. The van der Waals surface area contributed by atoms with Crippen LogP contribution in [0, 0.1) is 0 Å². The summed E-state index contributed by atoms with van der Waals surface area (Å²) in [5.41, 5.74) is -4.92. The molecule has 26 heavy (non-hydrogen) atoms. The first kappa shape index (κ1) is 20.2. The molecule has 2 aromatic rings. The summed E-state index contributed by atoms with van der Waals surface area (Å²) >= 11 is 5.92. The van der Waals surface area contributed by atoms with Crippen molar-refractivity contribution in [2.45, 2.75) is 24.9 Å². The van der Waals surface area contributed by atoms with Crippen LogP contribution in [0.2, 0.25) is 5.02 Å². The van der Waals surface area contributed by atoms with Gasteiger partial charge in [0.25, 0.3) is 0 Å². The van der Waals surface area contributed by atoms with Crippen LogP contribution < -0.4 is 4.72 Å². The van der Waals surface area contributed by atoms with Crippen LogP contribution in [0.25, 0.3) is 0 Å². The quantitative estimate of drug-likeness (QED) is 0.613. The number of hydrogen-bond donors (Lipinski definition) is 1. The van der Waals surface area contributed by atoms with E-state index in [1.165, 1.54) is 18.2 Å². The maximum absolute atomic E-state index is 12.7. The number of alkyl halides is 3. The van der Waals surface area contributed by atoms with Crippen molar-refractivity contribution >= 4 is 33.0 Å². The fourth-order valence-electron chi connectivity index (χ4n) is 2.10. The van der Waals surface area contributed by atoms with Gasteiger partial charge in [0.05, 0.1) is 17.4 Å². The number of nitrogens with one attached hydrogen (secondary N) is 1. The van der Waals surface area contributed by atoms with E-state index in [0.29, 0.717) is 12.1 Å². The fraction of sp³-hybridized carbons (Fsp3) is 0.250. The van der Waals surface area contributed by atoms with Gasteiger partial charge in [0, 0.05) is 10.6 Å². The summed E-state index contributed by atoms with van der Waals surface area (Å²) in [4.78, 5) is 0. The number of halogens is 4. The van der Waals surface area contributed by atoms with Gasteiger partial charge in [0.15, 0.2) is 0 Å². The van der Waals surface area contributed by atoms with E-state index in [-0.39, 0.29) is 16.3 Å². The van der Waals surface area contributed by atoms with Crippen LogP contribution in [0.15, 0.2) is 58.8 Å². The molecule has 0 aromatic heterocycles. The van der Waals surface area contributed by atoms with Crippen LogP contribution in [-0.2, 0) is 10.0 Å². The van der Waals surface area contributed by atoms with E-state index in [2.05, 4.69) is 10.2 Å². The topological polar surface area (TPSA) is 70.9 Å². The lowest BCUT2D eigenvalue weighted by Gasteiger charge is -2.17. The third-order valence-corrected chi connectivity index (χ3v) is 4.71. The summed E-state index contributed by atoms with van der Waals surface area (Å²) in [5.74, 6) is 0. The molecule has 0 saturated carbocycles. The van der Waals surface area contributed by atoms with Crippen molar-refractivity contribution in [1.29, 1.82) is 0 Å². The Kier molecular flexibility index (Phi) is 6.25. The van der Waals surface area contributed by atoms with Crippen molar-refractivity contribution in [3.63, 3.8) is 0 Å². The molecule has 1 unspecified atom stereocenters. The Hall–Kier alpha value is -2.13. The molecule has 0 heterocycles. The van der Waals surface area contributed by atoms with Gasteiger partial charge < -0.3 is 0 Å². The maximum atomic E-state index is 12.7. The summed E-state index contributed by atoms with van der Waals surface area (Å²) < 4.78 is 62.4. The van der Waals surface area contributed by atoms with Crippen LogP contribution in [0.5, 0.6) is 0 Å². The molecule has 0 saturated heterocycles. The van der Waals surface area contributed by atoms with Crippen LogP contribution in [0.4, 0.5) is 24.5 Å². The predicted octanol–water partition coefficient (Wildman–Crippen LogP) is 5.84. The minimum atomic E-state index is -5.56. The zero-order valence-corrected chi connectivity index (χ0v) is 15.1. The number of azo groups is 1. The number of nitrogens with zero attached hydrogens (tertiary/aromatic N) is 2. The summed E-state index contributed by atoms with van der Waals surface area (Å²) in [6, 6.07) is 11.9. The third kappa shape index (κ3) is 4.95. The SMILES string of the molecule is CCC(N=Nc1ccccc1)c1cc(Cl)ccc1NS(=O)(=O)C(F)(F)F. The average Bonchev–Trinajstić information content (AvgIpc) is 2.57. The molecule has 0 fully saturated rings. The predicted molar refractivity (Wildman–Crippen MR) is 94.0 cm³/mol. The van der Waals surface area contributed by atoms with Gasteiger partial charge in [-0.2, -0.15) is 31.8 Å². The smallest absolute Gasteiger partial charge is 0.276 e. The molecular weight excluding hydrogens is 391 g/mol. The minimum Gasteiger partial charge on any atom is -0.276 e. The standard InChI is InChI=1S/C16H15ClF3N3O2S/c1-2-14(22-21-12-6-4-3-5-7-12)13-10-11(17)8-9-15(13)23-26(24,25)16(18,19)20/h3-10,14,23H,2H2,1H3. The van der Waals surface area contributed by atoms with Gasteiger partial charge in [-0.3, -0.25) is 4.72 Å². The number of anilines is 1. The second-order valence-corrected chi connectivity index (χ2v) is 7.37. The lowest BCUT2D eigenvalue weighted by Crippen LogP contribution is -2.30. The number of rotatable bonds is 6. The Morgan fingerprint density at radius 2 is 1.81 bits per heavy atom. The average molecular weight is 406 g/mol. The summed E-state index contributed by atoms with van der Waals surface area (Å²) in [6.07, 6.45) is 0.372.